The van der Waals surface area contributed by atoms with Crippen LogP contribution in [0.25, 0.3) is 0 Å². The van der Waals surface area contributed by atoms with E-state index in [-0.39, 0.29) is 6.03 Å². The number of hydrogen-bond donors (Lipinski definition) is 1. The van der Waals surface area contributed by atoms with Crippen molar-refractivity contribution < 1.29 is 4.79 Å². The summed E-state index contributed by atoms with van der Waals surface area (Å²) in [4.78, 5) is 16.7. The Balaban J connectivity index is 1.71. The van der Waals surface area contributed by atoms with E-state index in [0.29, 0.717) is 6.04 Å². The monoisotopic (exact) mass is 259 g/mol. The Morgan fingerprint density at radius 1 is 1.26 bits per heavy atom. The SMILES string of the molecule is CCN1CCC(N2Cc3ccccc3NC2=O)CC1. The Morgan fingerprint density at radius 2 is 2.00 bits per heavy atom. The first-order valence-corrected chi connectivity index (χ1v) is 7.16. The molecule has 2 aliphatic rings. The maximum atomic E-state index is 12.2. The van der Waals surface area contributed by atoms with Gasteiger partial charge < -0.3 is 15.1 Å². The predicted molar refractivity (Wildman–Crippen MR) is 76.1 cm³/mol. The van der Waals surface area contributed by atoms with Crippen molar-refractivity contribution in [2.24, 2.45) is 0 Å². The van der Waals surface area contributed by atoms with Crippen LogP contribution in [0, 0.1) is 0 Å². The molecular formula is C15H21N3O. The van der Waals surface area contributed by atoms with Crippen LogP contribution in [0.15, 0.2) is 24.3 Å². The highest BCUT2D eigenvalue weighted by Crippen LogP contribution is 2.27. The maximum Gasteiger partial charge on any atom is 0.322 e. The van der Waals surface area contributed by atoms with Crippen molar-refractivity contribution in [2.75, 3.05) is 25.0 Å². The van der Waals surface area contributed by atoms with Crippen LogP contribution >= 0.6 is 0 Å². The molecule has 19 heavy (non-hydrogen) atoms. The van der Waals surface area contributed by atoms with E-state index in [2.05, 4.69) is 23.2 Å². The van der Waals surface area contributed by atoms with Crippen LogP contribution in [0.3, 0.4) is 0 Å². The van der Waals surface area contributed by atoms with Gasteiger partial charge in [0.15, 0.2) is 0 Å². The fourth-order valence-electron chi connectivity index (χ4n) is 3.06. The van der Waals surface area contributed by atoms with E-state index in [1.54, 1.807) is 0 Å². The Morgan fingerprint density at radius 3 is 2.74 bits per heavy atom. The molecular weight excluding hydrogens is 238 g/mol. The van der Waals surface area contributed by atoms with Gasteiger partial charge in [0.1, 0.15) is 0 Å². The second kappa shape index (κ2) is 5.21. The third kappa shape index (κ3) is 2.45. The van der Waals surface area contributed by atoms with Gasteiger partial charge in [0.05, 0.1) is 0 Å². The minimum absolute atomic E-state index is 0.0636. The lowest BCUT2D eigenvalue weighted by molar-refractivity contribution is 0.124. The van der Waals surface area contributed by atoms with Gasteiger partial charge in [-0.3, -0.25) is 0 Å². The number of rotatable bonds is 2. The van der Waals surface area contributed by atoms with E-state index in [1.807, 2.05) is 23.1 Å². The van der Waals surface area contributed by atoms with Gasteiger partial charge in [0.25, 0.3) is 0 Å². The Hall–Kier alpha value is -1.55. The smallest absolute Gasteiger partial charge is 0.317 e. The molecule has 0 aromatic heterocycles. The third-order valence-corrected chi connectivity index (χ3v) is 4.31. The quantitative estimate of drug-likeness (QED) is 0.886. The second-order valence-corrected chi connectivity index (χ2v) is 5.38. The first kappa shape index (κ1) is 12.5. The normalized spacial score (nSPS) is 21.1. The number of amides is 2. The Kier molecular flexibility index (Phi) is 3.42. The number of nitrogens with one attached hydrogen (secondary N) is 1. The lowest BCUT2D eigenvalue weighted by atomic mass is 10.0. The highest BCUT2D eigenvalue weighted by Gasteiger charge is 2.30. The van der Waals surface area contributed by atoms with Gasteiger partial charge in [-0.15, -0.1) is 0 Å². The lowest BCUT2D eigenvalue weighted by Crippen LogP contribution is -2.50. The molecule has 2 aliphatic heterocycles. The summed E-state index contributed by atoms with van der Waals surface area (Å²) in [6.45, 7) is 6.27. The van der Waals surface area contributed by atoms with Crippen LogP contribution in [-0.4, -0.2) is 41.5 Å². The van der Waals surface area contributed by atoms with Crippen LogP contribution in [-0.2, 0) is 6.54 Å². The van der Waals surface area contributed by atoms with Crippen LogP contribution in [0.4, 0.5) is 10.5 Å². The van der Waals surface area contributed by atoms with Crippen molar-refractivity contribution in [3.63, 3.8) is 0 Å². The van der Waals surface area contributed by atoms with Crippen molar-refractivity contribution in [3.05, 3.63) is 29.8 Å². The highest BCUT2D eigenvalue weighted by molar-refractivity contribution is 5.92. The minimum atomic E-state index is 0.0636. The van der Waals surface area contributed by atoms with Crippen molar-refractivity contribution in [2.45, 2.75) is 32.4 Å². The zero-order chi connectivity index (χ0) is 13.2. The average Bonchev–Trinajstić information content (AvgIpc) is 2.47. The molecule has 1 fully saturated rings. The number of anilines is 1. The standard InChI is InChI=1S/C15H21N3O/c1-2-17-9-7-13(8-10-17)18-11-12-5-3-4-6-14(12)16-15(18)19/h3-6,13H,2,7-11H2,1H3,(H,16,19). The summed E-state index contributed by atoms with van der Waals surface area (Å²) in [6.07, 6.45) is 2.17. The van der Waals surface area contributed by atoms with E-state index in [0.717, 1.165) is 44.7 Å². The molecule has 0 unspecified atom stereocenters. The molecule has 1 aromatic carbocycles. The van der Waals surface area contributed by atoms with Gasteiger partial charge in [-0.1, -0.05) is 25.1 Å². The van der Waals surface area contributed by atoms with Gasteiger partial charge in [-0.2, -0.15) is 0 Å². The van der Waals surface area contributed by atoms with Crippen molar-refractivity contribution in [1.29, 1.82) is 0 Å². The number of para-hydroxylation sites is 1. The first-order chi connectivity index (χ1) is 9.28. The maximum absolute atomic E-state index is 12.2. The number of carbonyl (C=O) groups is 1. The summed E-state index contributed by atoms with van der Waals surface area (Å²) in [5, 5.41) is 3.01. The number of hydrogen-bond acceptors (Lipinski definition) is 2. The molecule has 0 spiro atoms. The number of nitrogens with zero attached hydrogens (tertiary/aromatic N) is 2. The summed E-state index contributed by atoms with van der Waals surface area (Å²) in [6, 6.07) is 8.53. The molecule has 3 rings (SSSR count). The molecule has 0 bridgehead atoms. The number of piperidine rings is 1. The van der Waals surface area contributed by atoms with Gasteiger partial charge in [0.2, 0.25) is 0 Å². The number of fused-ring (bicyclic) bond motifs is 1. The van der Waals surface area contributed by atoms with E-state index in [4.69, 9.17) is 0 Å². The van der Waals surface area contributed by atoms with E-state index >= 15 is 0 Å². The van der Waals surface area contributed by atoms with Crippen LogP contribution < -0.4 is 5.32 Å². The molecule has 0 saturated carbocycles. The molecule has 0 radical (unpaired) electrons. The molecule has 4 nitrogen and oxygen atoms in total. The third-order valence-electron chi connectivity index (χ3n) is 4.31. The zero-order valence-electron chi connectivity index (χ0n) is 11.4. The van der Waals surface area contributed by atoms with Crippen molar-refractivity contribution in [1.82, 2.24) is 9.80 Å². The van der Waals surface area contributed by atoms with Crippen molar-refractivity contribution >= 4 is 11.7 Å². The van der Waals surface area contributed by atoms with E-state index in [1.165, 1.54) is 5.56 Å². The minimum Gasteiger partial charge on any atom is -0.317 e. The van der Waals surface area contributed by atoms with Crippen LogP contribution in [0.1, 0.15) is 25.3 Å². The molecule has 1 saturated heterocycles. The molecule has 1 N–H and O–H groups in total. The summed E-state index contributed by atoms with van der Waals surface area (Å²) < 4.78 is 0. The topological polar surface area (TPSA) is 35.6 Å². The Bertz CT molecular complexity index is 466. The fourth-order valence-corrected chi connectivity index (χ4v) is 3.06. The van der Waals surface area contributed by atoms with Crippen LogP contribution in [0.5, 0.6) is 0 Å². The lowest BCUT2D eigenvalue weighted by Gasteiger charge is -2.40. The Labute approximate surface area is 114 Å². The molecule has 4 heteroatoms. The molecule has 2 heterocycles. The predicted octanol–water partition coefficient (Wildman–Crippen LogP) is 2.52. The largest absolute Gasteiger partial charge is 0.322 e. The number of likely N-dealkylation sites (tertiary alicyclic amines) is 1. The average molecular weight is 259 g/mol. The summed E-state index contributed by atoms with van der Waals surface area (Å²) >= 11 is 0. The van der Waals surface area contributed by atoms with E-state index in [9.17, 15) is 4.79 Å². The highest BCUT2D eigenvalue weighted by atomic mass is 16.2. The van der Waals surface area contributed by atoms with Gasteiger partial charge in [0, 0.05) is 31.4 Å². The first-order valence-electron chi connectivity index (χ1n) is 7.16. The molecule has 0 aliphatic carbocycles. The van der Waals surface area contributed by atoms with Gasteiger partial charge >= 0.3 is 6.03 Å². The molecule has 0 atom stereocenters. The summed E-state index contributed by atoms with van der Waals surface area (Å²) in [5.41, 5.74) is 2.19. The zero-order valence-corrected chi connectivity index (χ0v) is 11.4. The van der Waals surface area contributed by atoms with Gasteiger partial charge in [-0.05, 0) is 31.0 Å². The van der Waals surface area contributed by atoms with Crippen LogP contribution in [0.2, 0.25) is 0 Å². The molecule has 1 aromatic rings. The number of urea groups is 1. The van der Waals surface area contributed by atoms with Gasteiger partial charge in [-0.25, -0.2) is 4.79 Å². The van der Waals surface area contributed by atoms with Crippen molar-refractivity contribution in [3.8, 4) is 0 Å². The van der Waals surface area contributed by atoms with E-state index < -0.39 is 0 Å². The summed E-state index contributed by atoms with van der Waals surface area (Å²) in [5.74, 6) is 0. The second-order valence-electron chi connectivity index (χ2n) is 5.38. The number of benzene rings is 1. The number of carbonyl (C=O) groups excluding carboxylic acids is 1. The molecule has 102 valence electrons. The molecule has 2 amide bonds. The fraction of sp³-hybridized carbons (Fsp3) is 0.533. The summed E-state index contributed by atoms with van der Waals surface area (Å²) in [7, 11) is 0.